The average Bonchev–Trinajstić information content (AvgIpc) is 2.37. The number of amides is 1. The van der Waals surface area contributed by atoms with E-state index in [-0.39, 0.29) is 5.75 Å². The molecule has 2 aromatic rings. The van der Waals surface area contributed by atoms with Crippen LogP contribution in [-0.4, -0.2) is 11.0 Å². The molecule has 18 heavy (non-hydrogen) atoms. The second kappa shape index (κ2) is 5.19. The molecule has 0 atom stereocenters. The summed E-state index contributed by atoms with van der Waals surface area (Å²) >= 11 is 0. The quantitative estimate of drug-likeness (QED) is 0.808. The number of rotatable bonds is 3. The van der Waals surface area contributed by atoms with Gasteiger partial charge in [-0.25, -0.2) is 0 Å². The first-order valence-corrected chi connectivity index (χ1v) is 5.52. The Kier molecular flexibility index (Phi) is 3.44. The van der Waals surface area contributed by atoms with Crippen LogP contribution in [0.2, 0.25) is 0 Å². The summed E-state index contributed by atoms with van der Waals surface area (Å²) in [6, 6.07) is 14.7. The maximum atomic E-state index is 10.6. The van der Waals surface area contributed by atoms with Crippen molar-refractivity contribution < 1.29 is 9.90 Å². The molecule has 2 rings (SSSR count). The van der Waals surface area contributed by atoms with Crippen LogP contribution in [0.4, 0.5) is 0 Å². The van der Waals surface area contributed by atoms with Crippen molar-refractivity contribution in [3.63, 3.8) is 0 Å². The minimum atomic E-state index is -0.466. The third-order valence-electron chi connectivity index (χ3n) is 2.53. The van der Waals surface area contributed by atoms with E-state index in [1.807, 2.05) is 30.3 Å². The zero-order chi connectivity index (χ0) is 13.0. The maximum Gasteiger partial charge on any atom is 0.241 e. The van der Waals surface area contributed by atoms with Gasteiger partial charge in [-0.1, -0.05) is 36.4 Å². The first kappa shape index (κ1) is 11.9. The topological polar surface area (TPSA) is 63.3 Å². The fraction of sp³-hybridized carbons (Fsp3) is 0. The molecule has 0 aliphatic carbocycles. The molecular formula is C15H13NO2. The second-order valence-corrected chi connectivity index (χ2v) is 3.91. The number of phenols is 1. The van der Waals surface area contributed by atoms with Crippen molar-refractivity contribution in [2.24, 2.45) is 5.73 Å². The highest BCUT2D eigenvalue weighted by Crippen LogP contribution is 2.23. The molecule has 0 aliphatic rings. The predicted octanol–water partition coefficient (Wildman–Crippen LogP) is 2.56. The van der Waals surface area contributed by atoms with Gasteiger partial charge < -0.3 is 10.8 Å². The van der Waals surface area contributed by atoms with E-state index < -0.39 is 5.91 Å². The van der Waals surface area contributed by atoms with Crippen LogP contribution >= 0.6 is 0 Å². The molecule has 0 fully saturated rings. The molecule has 0 bridgehead atoms. The molecule has 0 saturated carbocycles. The predicted molar refractivity (Wildman–Crippen MR) is 71.8 cm³/mol. The molecule has 1 amide bonds. The maximum absolute atomic E-state index is 10.6. The van der Waals surface area contributed by atoms with Crippen molar-refractivity contribution in [2.45, 2.75) is 0 Å². The van der Waals surface area contributed by atoms with E-state index in [2.05, 4.69) is 0 Å². The normalized spacial score (nSPS) is 10.7. The van der Waals surface area contributed by atoms with Crippen molar-refractivity contribution in [1.29, 1.82) is 0 Å². The van der Waals surface area contributed by atoms with Gasteiger partial charge >= 0.3 is 0 Å². The largest absolute Gasteiger partial charge is 0.508 e. The Morgan fingerprint density at radius 2 is 1.78 bits per heavy atom. The van der Waals surface area contributed by atoms with E-state index in [1.54, 1.807) is 24.3 Å². The van der Waals surface area contributed by atoms with Crippen LogP contribution in [0.3, 0.4) is 0 Å². The SMILES string of the molecule is NC(=O)/C=C\c1ccc(-c2cccc(O)c2)cc1. The summed E-state index contributed by atoms with van der Waals surface area (Å²) < 4.78 is 0. The number of phenolic OH excluding ortho intramolecular Hbond substituents is 1. The van der Waals surface area contributed by atoms with Crippen LogP contribution < -0.4 is 5.73 Å². The fourth-order valence-electron chi connectivity index (χ4n) is 1.65. The lowest BCUT2D eigenvalue weighted by molar-refractivity contribution is -0.113. The standard InChI is InChI=1S/C15H13NO2/c16-15(18)9-6-11-4-7-12(8-5-11)13-2-1-3-14(17)10-13/h1-10,17H,(H2,16,18)/b9-6-. The Morgan fingerprint density at radius 1 is 1.06 bits per heavy atom. The summed E-state index contributed by atoms with van der Waals surface area (Å²) in [6.07, 6.45) is 2.98. The molecule has 0 saturated heterocycles. The Bertz CT molecular complexity index is 586. The number of hydrogen-bond acceptors (Lipinski definition) is 2. The highest BCUT2D eigenvalue weighted by molar-refractivity contribution is 5.90. The van der Waals surface area contributed by atoms with Crippen molar-refractivity contribution in [1.82, 2.24) is 0 Å². The lowest BCUT2D eigenvalue weighted by Crippen LogP contribution is -2.04. The van der Waals surface area contributed by atoms with Gasteiger partial charge in [0.1, 0.15) is 5.75 Å². The summed E-state index contributed by atoms with van der Waals surface area (Å²) in [5, 5.41) is 9.41. The highest BCUT2D eigenvalue weighted by atomic mass is 16.3. The van der Waals surface area contributed by atoms with Crippen LogP contribution in [0.15, 0.2) is 54.6 Å². The van der Waals surface area contributed by atoms with Gasteiger partial charge in [0.2, 0.25) is 5.91 Å². The van der Waals surface area contributed by atoms with E-state index in [4.69, 9.17) is 5.73 Å². The van der Waals surface area contributed by atoms with Crippen molar-refractivity contribution in [2.75, 3.05) is 0 Å². The lowest BCUT2D eigenvalue weighted by atomic mass is 10.0. The summed E-state index contributed by atoms with van der Waals surface area (Å²) in [6.45, 7) is 0. The Labute approximate surface area is 105 Å². The molecule has 90 valence electrons. The third-order valence-corrected chi connectivity index (χ3v) is 2.53. The second-order valence-electron chi connectivity index (χ2n) is 3.91. The fourth-order valence-corrected chi connectivity index (χ4v) is 1.65. The lowest BCUT2D eigenvalue weighted by Gasteiger charge is -2.02. The molecular weight excluding hydrogens is 226 g/mol. The number of aromatic hydroxyl groups is 1. The monoisotopic (exact) mass is 239 g/mol. The Balaban J connectivity index is 2.25. The van der Waals surface area contributed by atoms with Gasteiger partial charge in [0.25, 0.3) is 0 Å². The van der Waals surface area contributed by atoms with Crippen LogP contribution in [0.25, 0.3) is 17.2 Å². The van der Waals surface area contributed by atoms with Crippen LogP contribution in [0.1, 0.15) is 5.56 Å². The number of carbonyl (C=O) groups excluding carboxylic acids is 1. The summed E-state index contributed by atoms with van der Waals surface area (Å²) in [5.74, 6) is -0.225. The van der Waals surface area contributed by atoms with E-state index in [0.29, 0.717) is 0 Å². The van der Waals surface area contributed by atoms with E-state index in [9.17, 15) is 9.90 Å². The summed E-state index contributed by atoms with van der Waals surface area (Å²) in [4.78, 5) is 10.6. The highest BCUT2D eigenvalue weighted by Gasteiger charge is 1.98. The Morgan fingerprint density at radius 3 is 2.39 bits per heavy atom. The molecule has 0 aliphatic heterocycles. The molecule has 0 radical (unpaired) electrons. The van der Waals surface area contributed by atoms with Crippen molar-refractivity contribution in [3.05, 3.63) is 60.2 Å². The van der Waals surface area contributed by atoms with Crippen LogP contribution in [0.5, 0.6) is 5.75 Å². The van der Waals surface area contributed by atoms with Gasteiger partial charge in [-0.15, -0.1) is 0 Å². The summed E-state index contributed by atoms with van der Waals surface area (Å²) in [5.41, 5.74) is 7.87. The van der Waals surface area contributed by atoms with E-state index in [1.165, 1.54) is 6.08 Å². The van der Waals surface area contributed by atoms with Gasteiger partial charge in [-0.05, 0) is 34.9 Å². The van der Waals surface area contributed by atoms with Crippen LogP contribution in [0, 0.1) is 0 Å². The Hall–Kier alpha value is -2.55. The first-order valence-electron chi connectivity index (χ1n) is 5.52. The number of nitrogens with two attached hydrogens (primary N) is 1. The van der Waals surface area contributed by atoms with E-state index in [0.717, 1.165) is 16.7 Å². The summed E-state index contributed by atoms with van der Waals surface area (Å²) in [7, 11) is 0. The number of hydrogen-bond donors (Lipinski definition) is 2. The third kappa shape index (κ3) is 2.98. The van der Waals surface area contributed by atoms with Gasteiger partial charge in [0, 0.05) is 6.08 Å². The zero-order valence-electron chi connectivity index (χ0n) is 9.71. The zero-order valence-corrected chi connectivity index (χ0v) is 9.71. The minimum Gasteiger partial charge on any atom is -0.508 e. The smallest absolute Gasteiger partial charge is 0.241 e. The molecule has 3 heteroatoms. The number of carbonyl (C=O) groups is 1. The molecule has 0 heterocycles. The molecule has 2 aromatic carbocycles. The molecule has 0 spiro atoms. The minimum absolute atomic E-state index is 0.241. The van der Waals surface area contributed by atoms with Crippen molar-refractivity contribution >= 4 is 12.0 Å². The van der Waals surface area contributed by atoms with Gasteiger partial charge in [-0.3, -0.25) is 4.79 Å². The van der Waals surface area contributed by atoms with E-state index >= 15 is 0 Å². The molecule has 3 N–H and O–H groups in total. The van der Waals surface area contributed by atoms with Gasteiger partial charge in [0.15, 0.2) is 0 Å². The first-order chi connectivity index (χ1) is 8.65. The van der Waals surface area contributed by atoms with Crippen molar-refractivity contribution in [3.8, 4) is 16.9 Å². The molecule has 0 unspecified atom stereocenters. The molecule has 0 aromatic heterocycles. The average molecular weight is 239 g/mol. The van der Waals surface area contributed by atoms with Gasteiger partial charge in [-0.2, -0.15) is 0 Å². The van der Waals surface area contributed by atoms with Crippen LogP contribution in [-0.2, 0) is 4.79 Å². The van der Waals surface area contributed by atoms with Gasteiger partial charge in [0.05, 0.1) is 0 Å². The molecule has 3 nitrogen and oxygen atoms in total. The number of benzene rings is 2. The number of primary amides is 1.